The van der Waals surface area contributed by atoms with Crippen molar-refractivity contribution >= 4 is 0 Å². The van der Waals surface area contributed by atoms with Gasteiger partial charge in [0, 0.05) is 6.61 Å². The summed E-state index contributed by atoms with van der Waals surface area (Å²) in [6, 6.07) is 6.33. The van der Waals surface area contributed by atoms with Gasteiger partial charge in [-0.1, -0.05) is 18.2 Å². The van der Waals surface area contributed by atoms with Crippen LogP contribution in [0.3, 0.4) is 0 Å². The molecule has 1 heterocycles. The predicted molar refractivity (Wildman–Crippen MR) is 73.3 cm³/mol. The lowest BCUT2D eigenvalue weighted by Crippen LogP contribution is -2.32. The summed E-state index contributed by atoms with van der Waals surface area (Å²) in [5.41, 5.74) is 3.10. The third-order valence-corrected chi connectivity index (χ3v) is 3.61. The highest BCUT2D eigenvalue weighted by atomic mass is 16.7. The Morgan fingerprint density at radius 1 is 1.33 bits per heavy atom. The van der Waals surface area contributed by atoms with Crippen LogP contribution in [0.15, 0.2) is 18.2 Å². The van der Waals surface area contributed by atoms with Gasteiger partial charge < -0.3 is 9.47 Å². The first-order chi connectivity index (χ1) is 8.49. The van der Waals surface area contributed by atoms with Crippen LogP contribution >= 0.6 is 0 Å². The molecule has 0 N–H and O–H groups in total. The molecule has 0 amide bonds. The van der Waals surface area contributed by atoms with E-state index in [9.17, 15) is 0 Å². The van der Waals surface area contributed by atoms with E-state index in [-0.39, 0.29) is 11.9 Å². The van der Waals surface area contributed by atoms with Gasteiger partial charge in [-0.15, -0.1) is 0 Å². The van der Waals surface area contributed by atoms with E-state index in [1.54, 1.807) is 0 Å². The van der Waals surface area contributed by atoms with Crippen LogP contribution in [0.4, 0.5) is 0 Å². The van der Waals surface area contributed by atoms with E-state index in [0.29, 0.717) is 0 Å². The van der Waals surface area contributed by atoms with E-state index in [4.69, 9.17) is 9.47 Å². The molecule has 0 aliphatic carbocycles. The van der Waals surface area contributed by atoms with Gasteiger partial charge in [0.2, 0.25) is 0 Å². The topological polar surface area (TPSA) is 18.5 Å². The SMILES string of the molecule is [CH2]c1cc(C(C)(C)OC2CCCCO2)ccc1C. The molecule has 1 saturated heterocycles. The van der Waals surface area contributed by atoms with Gasteiger partial charge >= 0.3 is 0 Å². The normalized spacial score (nSPS) is 21.0. The first-order valence-electron chi connectivity index (χ1n) is 6.71. The minimum absolute atomic E-state index is 0.0664. The summed E-state index contributed by atoms with van der Waals surface area (Å²) in [6.07, 6.45) is 3.26. The number of aryl methyl sites for hydroxylation is 1. The minimum atomic E-state index is -0.331. The van der Waals surface area contributed by atoms with Crippen LogP contribution in [0.25, 0.3) is 0 Å². The Bertz CT molecular complexity index is 404. The molecule has 1 fully saturated rings. The number of ether oxygens (including phenoxy) is 2. The van der Waals surface area contributed by atoms with Gasteiger partial charge in [-0.2, -0.15) is 0 Å². The monoisotopic (exact) mass is 247 g/mol. The summed E-state index contributed by atoms with van der Waals surface area (Å²) in [4.78, 5) is 0. The highest BCUT2D eigenvalue weighted by molar-refractivity contribution is 5.35. The van der Waals surface area contributed by atoms with Gasteiger partial charge in [-0.3, -0.25) is 0 Å². The summed E-state index contributed by atoms with van der Waals surface area (Å²) in [5, 5.41) is 0. The van der Waals surface area contributed by atoms with Gasteiger partial charge in [0.1, 0.15) is 0 Å². The molecule has 18 heavy (non-hydrogen) atoms. The lowest BCUT2D eigenvalue weighted by Gasteiger charge is -2.33. The number of hydrogen-bond acceptors (Lipinski definition) is 2. The highest BCUT2D eigenvalue weighted by Crippen LogP contribution is 2.30. The lowest BCUT2D eigenvalue weighted by atomic mass is 9.94. The zero-order valence-corrected chi connectivity index (χ0v) is 11.7. The van der Waals surface area contributed by atoms with Crippen LogP contribution in [-0.2, 0) is 15.1 Å². The molecule has 1 aliphatic heterocycles. The van der Waals surface area contributed by atoms with Crippen molar-refractivity contribution in [1.29, 1.82) is 0 Å². The zero-order valence-electron chi connectivity index (χ0n) is 11.7. The van der Waals surface area contributed by atoms with E-state index in [1.165, 1.54) is 12.0 Å². The summed E-state index contributed by atoms with van der Waals surface area (Å²) in [5.74, 6) is 0. The quantitative estimate of drug-likeness (QED) is 0.805. The lowest BCUT2D eigenvalue weighted by molar-refractivity contribution is -0.219. The standard InChI is InChI=1S/C16H23O2/c1-12-8-9-14(11-13(12)2)16(3,4)18-15-7-5-6-10-17-15/h8-9,11,15H,2,5-7,10H2,1,3-4H3. The fraction of sp³-hybridized carbons (Fsp3) is 0.562. The Morgan fingerprint density at radius 3 is 2.72 bits per heavy atom. The van der Waals surface area contributed by atoms with Crippen LogP contribution in [-0.4, -0.2) is 12.9 Å². The molecule has 1 aromatic carbocycles. The van der Waals surface area contributed by atoms with Crippen molar-refractivity contribution in [2.75, 3.05) is 6.61 Å². The van der Waals surface area contributed by atoms with E-state index in [2.05, 4.69) is 45.9 Å². The van der Waals surface area contributed by atoms with E-state index in [0.717, 1.165) is 30.6 Å². The van der Waals surface area contributed by atoms with Crippen molar-refractivity contribution in [2.45, 2.75) is 51.9 Å². The van der Waals surface area contributed by atoms with Gasteiger partial charge in [0.25, 0.3) is 0 Å². The Morgan fingerprint density at radius 2 is 2.11 bits per heavy atom. The fourth-order valence-corrected chi connectivity index (χ4v) is 2.25. The summed E-state index contributed by atoms with van der Waals surface area (Å²) < 4.78 is 11.8. The van der Waals surface area contributed by atoms with Gasteiger partial charge in [-0.05, 0) is 63.6 Å². The average Bonchev–Trinajstić information content (AvgIpc) is 2.33. The predicted octanol–water partition coefficient (Wildman–Crippen LogP) is 3.96. The Kier molecular flexibility index (Phi) is 4.08. The molecule has 0 aromatic heterocycles. The third-order valence-electron chi connectivity index (χ3n) is 3.61. The molecule has 0 spiro atoms. The van der Waals surface area contributed by atoms with Crippen LogP contribution in [0.1, 0.15) is 49.8 Å². The van der Waals surface area contributed by atoms with Gasteiger partial charge in [0.15, 0.2) is 6.29 Å². The molecule has 1 aliphatic rings. The second-order valence-corrected chi connectivity index (χ2v) is 5.57. The molecule has 1 unspecified atom stereocenters. The Labute approximate surface area is 110 Å². The van der Waals surface area contributed by atoms with E-state index < -0.39 is 0 Å². The second kappa shape index (κ2) is 5.41. The number of hydrogen-bond donors (Lipinski definition) is 0. The van der Waals surface area contributed by atoms with Crippen molar-refractivity contribution in [2.24, 2.45) is 0 Å². The Hall–Kier alpha value is -0.860. The van der Waals surface area contributed by atoms with Crippen molar-refractivity contribution in [3.8, 4) is 0 Å². The van der Waals surface area contributed by atoms with Crippen molar-refractivity contribution in [3.63, 3.8) is 0 Å². The largest absolute Gasteiger partial charge is 0.353 e. The molecule has 1 aromatic rings. The zero-order chi connectivity index (χ0) is 13.2. The maximum Gasteiger partial charge on any atom is 0.158 e. The molecular weight excluding hydrogens is 224 g/mol. The molecular formula is C16H23O2. The smallest absolute Gasteiger partial charge is 0.158 e. The van der Waals surface area contributed by atoms with Crippen LogP contribution in [0.5, 0.6) is 0 Å². The molecule has 2 heteroatoms. The number of rotatable bonds is 3. The van der Waals surface area contributed by atoms with Crippen LogP contribution < -0.4 is 0 Å². The van der Waals surface area contributed by atoms with Gasteiger partial charge in [-0.25, -0.2) is 0 Å². The van der Waals surface area contributed by atoms with Crippen LogP contribution in [0.2, 0.25) is 0 Å². The van der Waals surface area contributed by atoms with E-state index in [1.807, 2.05) is 0 Å². The highest BCUT2D eigenvalue weighted by Gasteiger charge is 2.27. The first kappa shape index (κ1) is 13.6. The Balaban J connectivity index is 2.10. The third kappa shape index (κ3) is 3.12. The molecule has 2 rings (SSSR count). The molecule has 0 saturated carbocycles. The molecule has 0 bridgehead atoms. The number of benzene rings is 1. The summed E-state index contributed by atoms with van der Waals surface area (Å²) in [7, 11) is 0. The van der Waals surface area contributed by atoms with Gasteiger partial charge in [0.05, 0.1) is 5.60 Å². The van der Waals surface area contributed by atoms with E-state index >= 15 is 0 Å². The second-order valence-electron chi connectivity index (χ2n) is 5.57. The minimum Gasteiger partial charge on any atom is -0.353 e. The molecule has 2 nitrogen and oxygen atoms in total. The molecule has 1 atom stereocenters. The van der Waals surface area contributed by atoms with Crippen molar-refractivity contribution in [1.82, 2.24) is 0 Å². The molecule has 1 radical (unpaired) electrons. The van der Waals surface area contributed by atoms with Crippen molar-refractivity contribution < 1.29 is 9.47 Å². The average molecular weight is 247 g/mol. The summed E-state index contributed by atoms with van der Waals surface area (Å²) >= 11 is 0. The maximum atomic E-state index is 6.11. The first-order valence-corrected chi connectivity index (χ1v) is 6.71. The summed E-state index contributed by atoms with van der Waals surface area (Å²) in [6.45, 7) is 11.1. The fourth-order valence-electron chi connectivity index (χ4n) is 2.25. The molecule has 99 valence electrons. The van der Waals surface area contributed by atoms with Crippen LogP contribution in [0, 0.1) is 13.8 Å². The van der Waals surface area contributed by atoms with Crippen molar-refractivity contribution in [3.05, 3.63) is 41.8 Å². The maximum absolute atomic E-state index is 6.11.